The maximum atomic E-state index is 7.50. The van der Waals surface area contributed by atoms with Gasteiger partial charge in [0.1, 0.15) is 0 Å². The first-order valence-corrected chi connectivity index (χ1v) is 4.14. The number of fused-ring (bicyclic) bond motifs is 1. The molecule has 1 aromatic rings. The van der Waals surface area contributed by atoms with Gasteiger partial charge in [-0.25, -0.2) is 0 Å². The Morgan fingerprint density at radius 2 is 2.54 bits per heavy atom. The largest absolute Gasteiger partial charge is 0.443 e. The molecule has 0 saturated carbocycles. The monoisotopic (exact) mass is 178 g/mol. The Balaban J connectivity index is 2.36. The predicted molar refractivity (Wildman–Crippen MR) is 46.5 cm³/mol. The molecule has 1 aromatic heterocycles. The summed E-state index contributed by atoms with van der Waals surface area (Å²) in [6.45, 7) is 2.46. The fourth-order valence-electron chi connectivity index (χ4n) is 1.31. The number of nitrogens with zero attached hydrogens (tertiary/aromatic N) is 1. The molecule has 1 N–H and O–H groups in total. The van der Waals surface area contributed by atoms with Gasteiger partial charge in [-0.1, -0.05) is 0 Å². The number of aromatic nitrogens is 1. The molecule has 1 aliphatic rings. The molecule has 0 aliphatic carbocycles. The van der Waals surface area contributed by atoms with Crippen molar-refractivity contribution in [1.82, 2.24) is 4.98 Å². The van der Waals surface area contributed by atoms with Gasteiger partial charge in [0.25, 0.3) is 0 Å². The normalized spacial score (nSPS) is 19.8. The zero-order valence-electron chi connectivity index (χ0n) is 7.28. The Hall–Kier alpha value is -1.42. The molecule has 0 bridgehead atoms. The van der Waals surface area contributed by atoms with Gasteiger partial charge in [0.05, 0.1) is 5.56 Å². The smallest absolute Gasteiger partial charge is 0.229 e. The van der Waals surface area contributed by atoms with Crippen molar-refractivity contribution in [2.24, 2.45) is 0 Å². The summed E-state index contributed by atoms with van der Waals surface area (Å²) in [6, 6.07) is 1.82. The highest BCUT2D eigenvalue weighted by atomic mass is 16.7. The molecular weight excluding hydrogens is 168 g/mol. The SMILES string of the molecule is CCOC1OC(=N)c2cnccc21. The molecule has 0 aromatic carbocycles. The van der Waals surface area contributed by atoms with Crippen LogP contribution >= 0.6 is 0 Å². The second kappa shape index (κ2) is 3.14. The standard InChI is InChI=1S/C9H10N2O2/c1-2-12-9-6-3-4-11-5-7(6)8(10)13-9/h3-5,9-10H,2H2,1H3. The van der Waals surface area contributed by atoms with Crippen molar-refractivity contribution < 1.29 is 9.47 Å². The molecule has 1 atom stereocenters. The van der Waals surface area contributed by atoms with Crippen LogP contribution in [-0.2, 0) is 9.47 Å². The number of ether oxygens (including phenoxy) is 2. The van der Waals surface area contributed by atoms with Crippen LogP contribution < -0.4 is 0 Å². The van der Waals surface area contributed by atoms with E-state index in [-0.39, 0.29) is 5.90 Å². The van der Waals surface area contributed by atoms with Gasteiger partial charge < -0.3 is 9.47 Å². The van der Waals surface area contributed by atoms with Crippen LogP contribution in [-0.4, -0.2) is 17.5 Å². The van der Waals surface area contributed by atoms with E-state index in [2.05, 4.69) is 4.98 Å². The van der Waals surface area contributed by atoms with Crippen molar-refractivity contribution in [3.63, 3.8) is 0 Å². The van der Waals surface area contributed by atoms with Crippen molar-refractivity contribution in [1.29, 1.82) is 5.41 Å². The average Bonchev–Trinajstić information content (AvgIpc) is 2.46. The third kappa shape index (κ3) is 1.29. The fourth-order valence-corrected chi connectivity index (χ4v) is 1.31. The number of hydrogen-bond acceptors (Lipinski definition) is 4. The number of hydrogen-bond donors (Lipinski definition) is 1. The van der Waals surface area contributed by atoms with E-state index < -0.39 is 6.29 Å². The summed E-state index contributed by atoms with van der Waals surface area (Å²) in [7, 11) is 0. The molecular formula is C9H10N2O2. The first kappa shape index (κ1) is 8.19. The molecule has 0 amide bonds. The summed E-state index contributed by atoms with van der Waals surface area (Å²) in [6.07, 6.45) is 2.87. The Kier molecular flexibility index (Phi) is 1.98. The Labute approximate surface area is 76.0 Å². The molecule has 0 fully saturated rings. The highest BCUT2D eigenvalue weighted by Crippen LogP contribution is 2.30. The predicted octanol–water partition coefficient (Wildman–Crippen LogP) is 1.47. The molecule has 1 aliphatic heterocycles. The molecule has 68 valence electrons. The molecule has 1 unspecified atom stereocenters. The lowest BCUT2D eigenvalue weighted by atomic mass is 10.2. The topological polar surface area (TPSA) is 55.2 Å². The number of rotatable bonds is 2. The molecule has 0 radical (unpaired) electrons. The Morgan fingerprint density at radius 1 is 1.69 bits per heavy atom. The summed E-state index contributed by atoms with van der Waals surface area (Å²) in [5.41, 5.74) is 1.61. The quantitative estimate of drug-likeness (QED) is 0.746. The first-order valence-electron chi connectivity index (χ1n) is 4.14. The van der Waals surface area contributed by atoms with Crippen molar-refractivity contribution in [3.05, 3.63) is 29.6 Å². The lowest BCUT2D eigenvalue weighted by Gasteiger charge is -2.09. The highest BCUT2D eigenvalue weighted by Gasteiger charge is 2.28. The van der Waals surface area contributed by atoms with E-state index in [1.165, 1.54) is 0 Å². The van der Waals surface area contributed by atoms with Gasteiger partial charge in [0.2, 0.25) is 12.2 Å². The van der Waals surface area contributed by atoms with E-state index in [9.17, 15) is 0 Å². The minimum Gasteiger partial charge on any atom is -0.443 e. The van der Waals surface area contributed by atoms with Gasteiger partial charge in [-0.3, -0.25) is 10.4 Å². The fraction of sp³-hybridized carbons (Fsp3) is 0.333. The second-order valence-corrected chi connectivity index (χ2v) is 2.70. The second-order valence-electron chi connectivity index (χ2n) is 2.70. The van der Waals surface area contributed by atoms with Crippen LogP contribution in [0.1, 0.15) is 24.3 Å². The van der Waals surface area contributed by atoms with E-state index in [1.807, 2.05) is 13.0 Å². The third-order valence-electron chi connectivity index (χ3n) is 1.90. The molecule has 0 saturated heterocycles. The molecule has 4 nitrogen and oxygen atoms in total. The van der Waals surface area contributed by atoms with Gasteiger partial charge in [0, 0.05) is 24.6 Å². The van der Waals surface area contributed by atoms with Crippen molar-refractivity contribution in [3.8, 4) is 0 Å². The van der Waals surface area contributed by atoms with E-state index in [4.69, 9.17) is 14.9 Å². The van der Waals surface area contributed by atoms with E-state index >= 15 is 0 Å². The van der Waals surface area contributed by atoms with Gasteiger partial charge in [-0.2, -0.15) is 0 Å². The van der Waals surface area contributed by atoms with Crippen LogP contribution in [0.15, 0.2) is 18.5 Å². The first-order chi connectivity index (χ1) is 6.33. The molecule has 4 heteroatoms. The van der Waals surface area contributed by atoms with Crippen molar-refractivity contribution in [2.75, 3.05) is 6.61 Å². The molecule has 2 heterocycles. The summed E-state index contributed by atoms with van der Waals surface area (Å²) in [5.74, 6) is 0.140. The summed E-state index contributed by atoms with van der Waals surface area (Å²) in [5, 5.41) is 7.50. The van der Waals surface area contributed by atoms with Crippen LogP contribution in [0.3, 0.4) is 0 Å². The number of nitrogens with one attached hydrogen (secondary N) is 1. The van der Waals surface area contributed by atoms with Crippen LogP contribution in [0.2, 0.25) is 0 Å². The van der Waals surface area contributed by atoms with Crippen LogP contribution in [0.4, 0.5) is 0 Å². The summed E-state index contributed by atoms with van der Waals surface area (Å²) < 4.78 is 10.5. The molecule has 2 rings (SSSR count). The maximum Gasteiger partial charge on any atom is 0.229 e. The number of pyridine rings is 1. The van der Waals surface area contributed by atoms with Gasteiger partial charge in [-0.05, 0) is 13.0 Å². The summed E-state index contributed by atoms with van der Waals surface area (Å²) >= 11 is 0. The van der Waals surface area contributed by atoms with E-state index in [0.29, 0.717) is 6.61 Å². The van der Waals surface area contributed by atoms with E-state index in [1.54, 1.807) is 12.4 Å². The third-order valence-corrected chi connectivity index (χ3v) is 1.90. The maximum absolute atomic E-state index is 7.50. The lowest BCUT2D eigenvalue weighted by Crippen LogP contribution is -2.03. The van der Waals surface area contributed by atoms with Gasteiger partial charge in [-0.15, -0.1) is 0 Å². The zero-order valence-corrected chi connectivity index (χ0v) is 7.28. The van der Waals surface area contributed by atoms with Gasteiger partial charge in [0.15, 0.2) is 0 Å². The minimum atomic E-state index is -0.421. The Bertz CT molecular complexity index is 338. The zero-order chi connectivity index (χ0) is 9.26. The Morgan fingerprint density at radius 3 is 3.31 bits per heavy atom. The molecule has 0 spiro atoms. The minimum absolute atomic E-state index is 0.140. The van der Waals surface area contributed by atoms with Crippen molar-refractivity contribution in [2.45, 2.75) is 13.2 Å². The van der Waals surface area contributed by atoms with Crippen LogP contribution in [0, 0.1) is 5.41 Å². The molecule has 13 heavy (non-hydrogen) atoms. The van der Waals surface area contributed by atoms with Gasteiger partial charge >= 0.3 is 0 Å². The van der Waals surface area contributed by atoms with Crippen molar-refractivity contribution >= 4 is 5.90 Å². The van der Waals surface area contributed by atoms with Crippen LogP contribution in [0.5, 0.6) is 0 Å². The van der Waals surface area contributed by atoms with Crippen LogP contribution in [0.25, 0.3) is 0 Å². The average molecular weight is 178 g/mol. The lowest BCUT2D eigenvalue weighted by molar-refractivity contribution is -0.0792. The van der Waals surface area contributed by atoms with E-state index in [0.717, 1.165) is 11.1 Å². The highest BCUT2D eigenvalue weighted by molar-refractivity contribution is 5.95. The summed E-state index contributed by atoms with van der Waals surface area (Å²) in [4.78, 5) is 3.92.